The summed E-state index contributed by atoms with van der Waals surface area (Å²) in [5.41, 5.74) is 3.24. The molecule has 0 amide bonds. The Morgan fingerprint density at radius 2 is 1.77 bits per heavy atom. The highest BCUT2D eigenvalue weighted by molar-refractivity contribution is 5.50. The average molecular weight is 172 g/mol. The topological polar surface area (TPSA) is 0 Å². The standard InChI is InChI=1S/C13H16/c1-13(2,3)12-9-8-10-6-4-5-7-11(10)12/h4-10H,1-3H3. The fraction of sp³-hybridized carbons (Fsp3) is 0.385. The number of hydrogen-bond donors (Lipinski definition) is 0. The van der Waals surface area contributed by atoms with Gasteiger partial charge in [-0.3, -0.25) is 0 Å². The van der Waals surface area contributed by atoms with Crippen molar-refractivity contribution in [1.82, 2.24) is 0 Å². The highest BCUT2D eigenvalue weighted by Gasteiger charge is 2.25. The summed E-state index contributed by atoms with van der Waals surface area (Å²) < 4.78 is 0. The van der Waals surface area contributed by atoms with Crippen LogP contribution >= 0.6 is 0 Å². The summed E-state index contributed by atoms with van der Waals surface area (Å²) in [6, 6.07) is 0. The van der Waals surface area contributed by atoms with Crippen molar-refractivity contribution < 1.29 is 0 Å². The van der Waals surface area contributed by atoms with E-state index in [0.29, 0.717) is 5.92 Å². The van der Waals surface area contributed by atoms with Gasteiger partial charge in [-0.1, -0.05) is 57.2 Å². The maximum absolute atomic E-state index is 2.29. The van der Waals surface area contributed by atoms with Gasteiger partial charge in [-0.15, -0.1) is 0 Å². The fourth-order valence-corrected chi connectivity index (χ4v) is 1.97. The van der Waals surface area contributed by atoms with Crippen LogP contribution in [0.4, 0.5) is 0 Å². The number of hydrogen-bond acceptors (Lipinski definition) is 0. The zero-order valence-corrected chi connectivity index (χ0v) is 8.54. The number of rotatable bonds is 0. The lowest BCUT2D eigenvalue weighted by molar-refractivity contribution is 0.514. The molecule has 1 atom stereocenters. The lowest BCUT2D eigenvalue weighted by atomic mass is 9.82. The zero-order valence-electron chi connectivity index (χ0n) is 8.54. The Morgan fingerprint density at radius 3 is 2.46 bits per heavy atom. The summed E-state index contributed by atoms with van der Waals surface area (Å²) in [5, 5.41) is 0. The molecule has 0 heterocycles. The van der Waals surface area contributed by atoms with Gasteiger partial charge in [0.2, 0.25) is 0 Å². The largest absolute Gasteiger partial charge is 0.0732 e. The van der Waals surface area contributed by atoms with E-state index in [1.807, 2.05) is 0 Å². The van der Waals surface area contributed by atoms with E-state index in [2.05, 4.69) is 57.2 Å². The van der Waals surface area contributed by atoms with Crippen LogP contribution in [0.2, 0.25) is 0 Å². The molecule has 68 valence electrons. The highest BCUT2D eigenvalue weighted by Crippen LogP contribution is 2.39. The van der Waals surface area contributed by atoms with E-state index in [1.54, 1.807) is 0 Å². The molecular formula is C13H16. The summed E-state index contributed by atoms with van der Waals surface area (Å²) in [4.78, 5) is 0. The van der Waals surface area contributed by atoms with Crippen molar-refractivity contribution in [2.45, 2.75) is 20.8 Å². The Balaban J connectivity index is 2.45. The van der Waals surface area contributed by atoms with Crippen LogP contribution < -0.4 is 0 Å². The first-order valence-electron chi connectivity index (χ1n) is 4.87. The predicted molar refractivity (Wildman–Crippen MR) is 57.4 cm³/mol. The molecule has 0 fully saturated rings. The van der Waals surface area contributed by atoms with Gasteiger partial charge in [-0.2, -0.15) is 0 Å². The average Bonchev–Trinajstić information content (AvgIpc) is 2.45. The van der Waals surface area contributed by atoms with Crippen LogP contribution in [0.15, 0.2) is 47.6 Å². The van der Waals surface area contributed by atoms with Gasteiger partial charge in [0.25, 0.3) is 0 Å². The van der Waals surface area contributed by atoms with E-state index in [9.17, 15) is 0 Å². The monoisotopic (exact) mass is 172 g/mol. The summed E-state index contributed by atoms with van der Waals surface area (Å²) >= 11 is 0. The van der Waals surface area contributed by atoms with Gasteiger partial charge in [0, 0.05) is 5.92 Å². The van der Waals surface area contributed by atoms with E-state index in [4.69, 9.17) is 0 Å². The molecule has 0 aromatic rings. The second kappa shape index (κ2) is 2.73. The quantitative estimate of drug-likeness (QED) is 0.523. The van der Waals surface area contributed by atoms with Gasteiger partial charge < -0.3 is 0 Å². The molecule has 2 rings (SSSR count). The molecule has 0 heteroatoms. The minimum Gasteiger partial charge on any atom is -0.0732 e. The van der Waals surface area contributed by atoms with E-state index in [1.165, 1.54) is 11.1 Å². The maximum atomic E-state index is 2.29. The van der Waals surface area contributed by atoms with Gasteiger partial charge in [-0.05, 0) is 16.6 Å². The second-order valence-corrected chi connectivity index (χ2v) is 4.75. The van der Waals surface area contributed by atoms with Crippen LogP contribution in [0, 0.1) is 11.3 Å². The Bertz CT molecular complexity index is 330. The third-order valence-corrected chi connectivity index (χ3v) is 2.65. The Morgan fingerprint density at radius 1 is 1.00 bits per heavy atom. The van der Waals surface area contributed by atoms with Crippen molar-refractivity contribution in [3.8, 4) is 0 Å². The molecule has 0 nitrogen and oxygen atoms in total. The van der Waals surface area contributed by atoms with Crippen molar-refractivity contribution in [3.63, 3.8) is 0 Å². The molecule has 0 saturated heterocycles. The highest BCUT2D eigenvalue weighted by atomic mass is 14.3. The van der Waals surface area contributed by atoms with E-state index in [0.717, 1.165) is 0 Å². The van der Waals surface area contributed by atoms with Crippen molar-refractivity contribution in [3.05, 3.63) is 47.6 Å². The molecule has 0 radical (unpaired) electrons. The molecule has 0 spiro atoms. The molecule has 13 heavy (non-hydrogen) atoms. The van der Waals surface area contributed by atoms with E-state index in [-0.39, 0.29) is 5.41 Å². The molecule has 0 saturated carbocycles. The molecule has 2 aliphatic carbocycles. The minimum absolute atomic E-state index is 0.274. The molecule has 2 aliphatic rings. The van der Waals surface area contributed by atoms with Crippen LogP contribution in [0.3, 0.4) is 0 Å². The Hall–Kier alpha value is -1.04. The molecule has 0 aliphatic heterocycles. The molecule has 1 unspecified atom stereocenters. The molecule has 0 aromatic heterocycles. The third-order valence-electron chi connectivity index (χ3n) is 2.65. The summed E-state index contributed by atoms with van der Waals surface area (Å²) in [6.45, 7) is 6.82. The number of allylic oxidation sites excluding steroid dienone is 8. The molecular weight excluding hydrogens is 156 g/mol. The fourth-order valence-electron chi connectivity index (χ4n) is 1.97. The van der Waals surface area contributed by atoms with Crippen LogP contribution in [0.1, 0.15) is 20.8 Å². The summed E-state index contributed by atoms with van der Waals surface area (Å²) in [7, 11) is 0. The van der Waals surface area contributed by atoms with Gasteiger partial charge >= 0.3 is 0 Å². The normalized spacial score (nSPS) is 25.6. The smallest absolute Gasteiger partial charge is 0.0207 e. The maximum Gasteiger partial charge on any atom is 0.0207 e. The SMILES string of the molecule is CC(C)(C)C1=C2C=CC=CC2C=C1. The van der Waals surface area contributed by atoms with Gasteiger partial charge in [0.1, 0.15) is 0 Å². The molecule has 0 N–H and O–H groups in total. The van der Waals surface area contributed by atoms with E-state index < -0.39 is 0 Å². The van der Waals surface area contributed by atoms with Crippen LogP contribution in [0.5, 0.6) is 0 Å². The first-order chi connectivity index (χ1) is 6.09. The lowest BCUT2D eigenvalue weighted by Gasteiger charge is -2.22. The first-order valence-corrected chi connectivity index (χ1v) is 4.87. The van der Waals surface area contributed by atoms with Crippen molar-refractivity contribution in [2.24, 2.45) is 11.3 Å². The lowest BCUT2D eigenvalue weighted by Crippen LogP contribution is -2.09. The summed E-state index contributed by atoms with van der Waals surface area (Å²) in [5.74, 6) is 0.541. The van der Waals surface area contributed by atoms with Crippen LogP contribution in [0.25, 0.3) is 0 Å². The zero-order chi connectivity index (χ0) is 9.47. The van der Waals surface area contributed by atoms with Crippen molar-refractivity contribution in [2.75, 3.05) is 0 Å². The van der Waals surface area contributed by atoms with E-state index >= 15 is 0 Å². The van der Waals surface area contributed by atoms with Crippen LogP contribution in [-0.2, 0) is 0 Å². The van der Waals surface area contributed by atoms with Gasteiger partial charge in [0.05, 0.1) is 0 Å². The molecule has 0 bridgehead atoms. The first kappa shape index (κ1) is 8.55. The van der Waals surface area contributed by atoms with Crippen molar-refractivity contribution in [1.29, 1.82) is 0 Å². The minimum atomic E-state index is 0.274. The Labute approximate surface area is 80.3 Å². The van der Waals surface area contributed by atoms with Crippen molar-refractivity contribution >= 4 is 0 Å². The van der Waals surface area contributed by atoms with Gasteiger partial charge in [-0.25, -0.2) is 0 Å². The number of fused-ring (bicyclic) bond motifs is 1. The second-order valence-electron chi connectivity index (χ2n) is 4.75. The summed E-state index contributed by atoms with van der Waals surface area (Å²) in [6.07, 6.45) is 13.3. The van der Waals surface area contributed by atoms with Gasteiger partial charge in [0.15, 0.2) is 0 Å². The third kappa shape index (κ3) is 1.41. The predicted octanol–water partition coefficient (Wildman–Crippen LogP) is 3.64. The molecule has 0 aromatic carbocycles. The Kier molecular flexibility index (Phi) is 1.80. The van der Waals surface area contributed by atoms with Crippen LogP contribution in [-0.4, -0.2) is 0 Å².